The number of aliphatic hydroxyl groups excluding tert-OH is 1. The normalized spacial score (nSPS) is 18.2. The van der Waals surface area contributed by atoms with Crippen molar-refractivity contribution < 1.29 is 5.11 Å². The Morgan fingerprint density at radius 1 is 1.00 bits per heavy atom. The van der Waals surface area contributed by atoms with Gasteiger partial charge in [0.2, 0.25) is 0 Å². The van der Waals surface area contributed by atoms with Gasteiger partial charge >= 0.3 is 0 Å². The molecular formula is C11H22OS. The van der Waals surface area contributed by atoms with Crippen LogP contribution in [-0.4, -0.2) is 22.7 Å². The molecule has 0 spiro atoms. The molecule has 78 valence electrons. The first-order valence-electron chi connectivity index (χ1n) is 5.66. The second-order valence-corrected chi connectivity index (χ2v) is 5.32. The predicted molar refractivity (Wildman–Crippen MR) is 60.3 cm³/mol. The van der Waals surface area contributed by atoms with Crippen molar-refractivity contribution >= 4 is 11.8 Å². The van der Waals surface area contributed by atoms with Crippen molar-refractivity contribution in [2.24, 2.45) is 0 Å². The van der Waals surface area contributed by atoms with Gasteiger partial charge < -0.3 is 5.11 Å². The van der Waals surface area contributed by atoms with Gasteiger partial charge in [-0.05, 0) is 31.4 Å². The fraction of sp³-hybridized carbons (Fsp3) is 1.00. The van der Waals surface area contributed by atoms with Gasteiger partial charge in [-0.2, -0.15) is 11.8 Å². The molecule has 0 heterocycles. The van der Waals surface area contributed by atoms with Crippen molar-refractivity contribution in [1.82, 2.24) is 0 Å². The van der Waals surface area contributed by atoms with Crippen molar-refractivity contribution in [2.75, 3.05) is 12.4 Å². The number of thioether (sulfide) groups is 1. The Hall–Kier alpha value is 0.310. The monoisotopic (exact) mass is 202 g/mol. The molecule has 1 rings (SSSR count). The molecule has 0 aromatic rings. The minimum absolute atomic E-state index is 0.371. The van der Waals surface area contributed by atoms with E-state index in [1.807, 2.05) is 0 Å². The molecule has 1 aliphatic carbocycles. The highest BCUT2D eigenvalue weighted by atomic mass is 32.2. The van der Waals surface area contributed by atoms with Crippen molar-refractivity contribution in [1.29, 1.82) is 0 Å². The lowest BCUT2D eigenvalue weighted by molar-refractivity contribution is 0.283. The van der Waals surface area contributed by atoms with Crippen molar-refractivity contribution in [3.8, 4) is 0 Å². The maximum Gasteiger partial charge on any atom is 0.0431 e. The Morgan fingerprint density at radius 2 is 1.69 bits per heavy atom. The van der Waals surface area contributed by atoms with Gasteiger partial charge in [0.1, 0.15) is 0 Å². The molecule has 0 aliphatic heterocycles. The van der Waals surface area contributed by atoms with Gasteiger partial charge in [-0.15, -0.1) is 0 Å². The highest BCUT2D eigenvalue weighted by molar-refractivity contribution is 7.99. The fourth-order valence-corrected chi connectivity index (χ4v) is 3.24. The smallest absolute Gasteiger partial charge is 0.0431 e. The van der Waals surface area contributed by atoms with Crippen LogP contribution in [0.5, 0.6) is 0 Å². The summed E-state index contributed by atoms with van der Waals surface area (Å²) < 4.78 is 0. The summed E-state index contributed by atoms with van der Waals surface area (Å²) in [6, 6.07) is 0. The Morgan fingerprint density at radius 3 is 2.38 bits per heavy atom. The third-order valence-corrected chi connectivity index (χ3v) is 4.18. The molecule has 1 N–H and O–H groups in total. The number of rotatable bonds is 7. The van der Waals surface area contributed by atoms with Gasteiger partial charge in [0.05, 0.1) is 0 Å². The molecular weight excluding hydrogens is 180 g/mol. The minimum atomic E-state index is 0.371. The average molecular weight is 202 g/mol. The van der Waals surface area contributed by atoms with E-state index in [0.717, 1.165) is 11.7 Å². The topological polar surface area (TPSA) is 20.2 Å². The zero-order valence-electron chi connectivity index (χ0n) is 8.50. The average Bonchev–Trinajstić information content (AvgIpc) is 2.63. The molecule has 2 heteroatoms. The maximum atomic E-state index is 8.59. The first kappa shape index (κ1) is 11.4. The molecule has 0 atom stereocenters. The Bertz CT molecular complexity index is 111. The van der Waals surface area contributed by atoms with Crippen LogP contribution in [-0.2, 0) is 0 Å². The summed E-state index contributed by atoms with van der Waals surface area (Å²) in [5.74, 6) is 1.34. The van der Waals surface area contributed by atoms with Gasteiger partial charge in [0.15, 0.2) is 0 Å². The Balaban J connectivity index is 1.78. The van der Waals surface area contributed by atoms with E-state index >= 15 is 0 Å². The van der Waals surface area contributed by atoms with Crippen LogP contribution in [0.1, 0.15) is 51.4 Å². The lowest BCUT2D eigenvalue weighted by Crippen LogP contribution is -1.95. The van der Waals surface area contributed by atoms with E-state index in [2.05, 4.69) is 11.8 Å². The quantitative estimate of drug-likeness (QED) is 0.640. The summed E-state index contributed by atoms with van der Waals surface area (Å²) in [5, 5.41) is 9.57. The molecule has 0 aromatic carbocycles. The Kier molecular flexibility index (Phi) is 6.73. The number of aliphatic hydroxyl groups is 1. The molecule has 1 fully saturated rings. The zero-order valence-corrected chi connectivity index (χ0v) is 9.32. The highest BCUT2D eigenvalue weighted by Crippen LogP contribution is 2.29. The molecule has 0 radical (unpaired) electrons. The second-order valence-electron chi connectivity index (χ2n) is 3.92. The molecule has 1 nitrogen and oxygen atoms in total. The van der Waals surface area contributed by atoms with Gasteiger partial charge in [-0.25, -0.2) is 0 Å². The van der Waals surface area contributed by atoms with Crippen LogP contribution in [0.4, 0.5) is 0 Å². The van der Waals surface area contributed by atoms with Crippen molar-refractivity contribution in [2.45, 2.75) is 56.6 Å². The largest absolute Gasteiger partial charge is 0.396 e. The van der Waals surface area contributed by atoms with Crippen LogP contribution in [0, 0.1) is 0 Å². The van der Waals surface area contributed by atoms with E-state index in [1.54, 1.807) is 0 Å². The van der Waals surface area contributed by atoms with Gasteiger partial charge in [-0.1, -0.05) is 25.7 Å². The summed E-state index contributed by atoms with van der Waals surface area (Å²) in [5.41, 5.74) is 0. The van der Waals surface area contributed by atoms with E-state index in [-0.39, 0.29) is 0 Å². The first-order valence-corrected chi connectivity index (χ1v) is 6.71. The fourth-order valence-electron chi connectivity index (χ4n) is 1.87. The molecule has 0 amide bonds. The van der Waals surface area contributed by atoms with E-state index in [0.29, 0.717) is 6.61 Å². The second kappa shape index (κ2) is 7.69. The van der Waals surface area contributed by atoms with Crippen LogP contribution in [0.2, 0.25) is 0 Å². The standard InChI is InChI=1S/C11H22OS/c12-9-5-1-2-6-10-13-11-7-3-4-8-11/h11-12H,1-10H2. The van der Waals surface area contributed by atoms with Gasteiger partial charge in [0.25, 0.3) is 0 Å². The van der Waals surface area contributed by atoms with E-state index < -0.39 is 0 Å². The summed E-state index contributed by atoms with van der Waals surface area (Å²) in [4.78, 5) is 0. The van der Waals surface area contributed by atoms with Crippen LogP contribution < -0.4 is 0 Å². The lowest BCUT2D eigenvalue weighted by Gasteiger charge is -2.07. The van der Waals surface area contributed by atoms with E-state index in [9.17, 15) is 0 Å². The Labute approximate surface area is 86.3 Å². The summed E-state index contributed by atoms with van der Waals surface area (Å²) in [7, 11) is 0. The molecule has 13 heavy (non-hydrogen) atoms. The summed E-state index contributed by atoms with van der Waals surface area (Å²) in [6.45, 7) is 0.371. The molecule has 1 saturated carbocycles. The highest BCUT2D eigenvalue weighted by Gasteiger charge is 2.14. The van der Waals surface area contributed by atoms with Gasteiger partial charge in [-0.3, -0.25) is 0 Å². The molecule has 1 aliphatic rings. The van der Waals surface area contributed by atoms with E-state index in [4.69, 9.17) is 5.11 Å². The molecule has 0 unspecified atom stereocenters. The first-order chi connectivity index (χ1) is 6.43. The van der Waals surface area contributed by atoms with Crippen LogP contribution in [0.3, 0.4) is 0 Å². The van der Waals surface area contributed by atoms with Crippen LogP contribution in [0.15, 0.2) is 0 Å². The third kappa shape index (κ3) is 5.58. The summed E-state index contributed by atoms with van der Waals surface area (Å²) >= 11 is 2.18. The minimum Gasteiger partial charge on any atom is -0.396 e. The summed E-state index contributed by atoms with van der Waals surface area (Å²) in [6.07, 6.45) is 10.7. The van der Waals surface area contributed by atoms with Crippen LogP contribution in [0.25, 0.3) is 0 Å². The number of hydrogen-bond donors (Lipinski definition) is 1. The maximum absolute atomic E-state index is 8.59. The molecule has 0 aromatic heterocycles. The number of unbranched alkanes of at least 4 members (excludes halogenated alkanes) is 3. The SMILES string of the molecule is OCCCCCCSC1CCCC1. The van der Waals surface area contributed by atoms with Crippen molar-refractivity contribution in [3.63, 3.8) is 0 Å². The van der Waals surface area contributed by atoms with Gasteiger partial charge in [0, 0.05) is 11.9 Å². The predicted octanol–water partition coefficient (Wildman–Crippen LogP) is 3.21. The third-order valence-electron chi connectivity index (χ3n) is 2.71. The zero-order chi connectivity index (χ0) is 9.36. The van der Waals surface area contributed by atoms with Crippen LogP contribution >= 0.6 is 11.8 Å². The molecule has 0 saturated heterocycles. The number of hydrogen-bond acceptors (Lipinski definition) is 2. The molecule has 0 bridgehead atoms. The lowest BCUT2D eigenvalue weighted by atomic mass is 10.2. The van der Waals surface area contributed by atoms with E-state index in [1.165, 1.54) is 50.7 Å². The van der Waals surface area contributed by atoms with Crippen molar-refractivity contribution in [3.05, 3.63) is 0 Å².